The van der Waals surface area contributed by atoms with Gasteiger partial charge in [-0.3, -0.25) is 9.78 Å². The second-order valence-electron chi connectivity index (χ2n) is 3.09. The molecule has 0 bridgehead atoms. The summed E-state index contributed by atoms with van der Waals surface area (Å²) in [5.41, 5.74) is 8.23. The number of aromatic nitrogens is 1. The molecule has 3 heteroatoms. The molecule has 0 saturated heterocycles. The van der Waals surface area contributed by atoms with Crippen molar-refractivity contribution in [1.82, 2.24) is 4.98 Å². The Hall–Kier alpha value is -1.38. The highest BCUT2D eigenvalue weighted by Gasteiger charge is 2.16. The number of pyridine rings is 1. The maximum atomic E-state index is 11.1. The number of carbonyl (C=O) groups is 1. The van der Waals surface area contributed by atoms with Crippen LogP contribution in [0, 0.1) is 0 Å². The van der Waals surface area contributed by atoms with E-state index in [0.717, 1.165) is 17.7 Å². The quantitative estimate of drug-likeness (QED) is 0.611. The number of carbonyl (C=O) groups excluding carboxylic acids is 1. The molecule has 0 atom stereocenters. The second-order valence-corrected chi connectivity index (χ2v) is 3.09. The molecule has 1 aromatic rings. The van der Waals surface area contributed by atoms with E-state index in [1.54, 1.807) is 6.20 Å². The van der Waals surface area contributed by atoms with Crippen molar-refractivity contribution >= 4 is 11.5 Å². The van der Waals surface area contributed by atoms with Gasteiger partial charge in [-0.15, -0.1) is 0 Å². The van der Waals surface area contributed by atoms with Crippen molar-refractivity contribution in [3.63, 3.8) is 0 Å². The molecule has 0 unspecified atom stereocenters. The van der Waals surface area contributed by atoms with Gasteiger partial charge in [0, 0.05) is 18.5 Å². The SMILES string of the molecule is Nc1cnc2c(c1)CC(=O)CC2. The first-order chi connectivity index (χ1) is 5.75. The number of hydrogen-bond donors (Lipinski definition) is 1. The number of anilines is 1. The number of hydrogen-bond acceptors (Lipinski definition) is 3. The summed E-state index contributed by atoms with van der Waals surface area (Å²) in [6.45, 7) is 0. The Balaban J connectivity index is 2.44. The van der Waals surface area contributed by atoms with Crippen molar-refractivity contribution < 1.29 is 4.79 Å². The monoisotopic (exact) mass is 162 g/mol. The number of Topliss-reactive ketones (excluding diaryl/α,β-unsaturated/α-hetero) is 1. The maximum absolute atomic E-state index is 11.1. The third-order valence-corrected chi connectivity index (χ3v) is 2.11. The summed E-state index contributed by atoms with van der Waals surface area (Å²) in [7, 11) is 0. The van der Waals surface area contributed by atoms with Gasteiger partial charge in [0.25, 0.3) is 0 Å². The third kappa shape index (κ3) is 1.18. The van der Waals surface area contributed by atoms with Crippen LogP contribution in [-0.4, -0.2) is 10.8 Å². The number of rotatable bonds is 0. The molecule has 0 radical (unpaired) electrons. The first-order valence-corrected chi connectivity index (χ1v) is 4.00. The molecule has 3 nitrogen and oxygen atoms in total. The van der Waals surface area contributed by atoms with Gasteiger partial charge in [-0.25, -0.2) is 0 Å². The van der Waals surface area contributed by atoms with Crippen LogP contribution >= 0.6 is 0 Å². The van der Waals surface area contributed by atoms with Gasteiger partial charge < -0.3 is 5.73 Å². The average Bonchev–Trinajstić information content (AvgIpc) is 2.03. The van der Waals surface area contributed by atoms with Gasteiger partial charge in [-0.05, 0) is 18.1 Å². The Morgan fingerprint density at radius 2 is 2.25 bits per heavy atom. The standard InChI is InChI=1S/C9H10N2O/c10-7-3-6-4-8(12)1-2-9(6)11-5-7/h3,5H,1-2,4,10H2. The molecular formula is C9H10N2O. The zero-order valence-electron chi connectivity index (χ0n) is 6.71. The van der Waals surface area contributed by atoms with Gasteiger partial charge >= 0.3 is 0 Å². The van der Waals surface area contributed by atoms with Crippen molar-refractivity contribution in [2.45, 2.75) is 19.3 Å². The van der Waals surface area contributed by atoms with Crippen LogP contribution in [0.5, 0.6) is 0 Å². The molecule has 0 aromatic carbocycles. The molecule has 1 heterocycles. The van der Waals surface area contributed by atoms with E-state index in [1.165, 1.54) is 0 Å². The van der Waals surface area contributed by atoms with Gasteiger partial charge in [-0.1, -0.05) is 0 Å². The molecule has 0 spiro atoms. The lowest BCUT2D eigenvalue weighted by Crippen LogP contribution is -2.14. The van der Waals surface area contributed by atoms with Crippen molar-refractivity contribution in [2.24, 2.45) is 0 Å². The van der Waals surface area contributed by atoms with E-state index in [9.17, 15) is 4.79 Å². The van der Waals surface area contributed by atoms with E-state index in [1.807, 2.05) is 6.07 Å². The van der Waals surface area contributed by atoms with Gasteiger partial charge in [0.2, 0.25) is 0 Å². The molecule has 2 rings (SSSR count). The lowest BCUT2D eigenvalue weighted by molar-refractivity contribution is -0.118. The zero-order valence-corrected chi connectivity index (χ0v) is 6.71. The predicted molar refractivity (Wildman–Crippen MR) is 45.7 cm³/mol. The molecule has 62 valence electrons. The fourth-order valence-corrected chi connectivity index (χ4v) is 1.49. The van der Waals surface area contributed by atoms with E-state index in [4.69, 9.17) is 5.73 Å². The first kappa shape index (κ1) is 7.28. The molecule has 12 heavy (non-hydrogen) atoms. The van der Waals surface area contributed by atoms with E-state index >= 15 is 0 Å². The van der Waals surface area contributed by atoms with Gasteiger partial charge in [0.05, 0.1) is 11.9 Å². The van der Waals surface area contributed by atoms with Crippen molar-refractivity contribution in [3.05, 3.63) is 23.5 Å². The van der Waals surface area contributed by atoms with Crippen molar-refractivity contribution in [3.8, 4) is 0 Å². The van der Waals surface area contributed by atoms with Crippen LogP contribution in [-0.2, 0) is 17.6 Å². The van der Waals surface area contributed by atoms with Gasteiger partial charge in [0.1, 0.15) is 5.78 Å². The molecule has 0 amide bonds. The van der Waals surface area contributed by atoms with E-state index in [-0.39, 0.29) is 5.78 Å². The summed E-state index contributed by atoms with van der Waals surface area (Å²) in [5.74, 6) is 0.287. The summed E-state index contributed by atoms with van der Waals surface area (Å²) in [4.78, 5) is 15.2. The molecule has 0 saturated carbocycles. The Labute approximate surface area is 70.6 Å². The summed E-state index contributed by atoms with van der Waals surface area (Å²) in [6.07, 6.45) is 3.56. The largest absolute Gasteiger partial charge is 0.397 e. The number of fused-ring (bicyclic) bond motifs is 1. The molecule has 1 aromatic heterocycles. The van der Waals surface area contributed by atoms with Crippen LogP contribution in [0.4, 0.5) is 5.69 Å². The molecule has 0 aliphatic heterocycles. The molecule has 2 N–H and O–H groups in total. The molecule has 1 aliphatic rings. The highest BCUT2D eigenvalue weighted by Crippen LogP contribution is 2.18. The fourth-order valence-electron chi connectivity index (χ4n) is 1.49. The topological polar surface area (TPSA) is 56.0 Å². The summed E-state index contributed by atoms with van der Waals surface area (Å²) in [6, 6.07) is 1.85. The number of nitrogen functional groups attached to an aromatic ring is 1. The zero-order chi connectivity index (χ0) is 8.55. The minimum absolute atomic E-state index is 0.287. The Morgan fingerprint density at radius 3 is 3.08 bits per heavy atom. The minimum atomic E-state index is 0.287. The summed E-state index contributed by atoms with van der Waals surface area (Å²) in [5, 5.41) is 0. The predicted octanol–water partition coefficient (Wildman–Crippen LogP) is 0.722. The van der Waals surface area contributed by atoms with E-state index in [2.05, 4.69) is 4.98 Å². The van der Waals surface area contributed by atoms with Gasteiger partial charge in [-0.2, -0.15) is 0 Å². The molecular weight excluding hydrogens is 152 g/mol. The summed E-state index contributed by atoms with van der Waals surface area (Å²) < 4.78 is 0. The Bertz CT molecular complexity index is 333. The average molecular weight is 162 g/mol. The van der Waals surface area contributed by atoms with Crippen LogP contribution in [0.2, 0.25) is 0 Å². The maximum Gasteiger partial charge on any atom is 0.137 e. The number of nitrogens with two attached hydrogens (primary N) is 1. The van der Waals surface area contributed by atoms with Crippen LogP contribution in [0.25, 0.3) is 0 Å². The van der Waals surface area contributed by atoms with Crippen molar-refractivity contribution in [1.29, 1.82) is 0 Å². The Kier molecular flexibility index (Phi) is 1.57. The highest BCUT2D eigenvalue weighted by atomic mass is 16.1. The van der Waals surface area contributed by atoms with Crippen molar-refractivity contribution in [2.75, 3.05) is 5.73 Å². The lowest BCUT2D eigenvalue weighted by atomic mass is 9.95. The number of ketones is 1. The highest BCUT2D eigenvalue weighted by molar-refractivity contribution is 5.83. The first-order valence-electron chi connectivity index (χ1n) is 4.00. The van der Waals surface area contributed by atoms with Crippen LogP contribution in [0.3, 0.4) is 0 Å². The minimum Gasteiger partial charge on any atom is -0.397 e. The van der Waals surface area contributed by atoms with Crippen LogP contribution in [0.15, 0.2) is 12.3 Å². The normalized spacial score (nSPS) is 15.8. The molecule has 1 aliphatic carbocycles. The number of nitrogens with zero attached hydrogens (tertiary/aromatic N) is 1. The smallest absolute Gasteiger partial charge is 0.137 e. The number of aryl methyl sites for hydroxylation is 1. The van der Waals surface area contributed by atoms with E-state index < -0.39 is 0 Å². The summed E-state index contributed by atoms with van der Waals surface area (Å²) >= 11 is 0. The lowest BCUT2D eigenvalue weighted by Gasteiger charge is -2.13. The fraction of sp³-hybridized carbons (Fsp3) is 0.333. The molecule has 0 fully saturated rings. The van der Waals surface area contributed by atoms with Crippen LogP contribution < -0.4 is 5.73 Å². The second kappa shape index (κ2) is 2.59. The third-order valence-electron chi connectivity index (χ3n) is 2.11. The van der Waals surface area contributed by atoms with Gasteiger partial charge in [0.15, 0.2) is 0 Å². The van der Waals surface area contributed by atoms with E-state index in [0.29, 0.717) is 18.5 Å². The Morgan fingerprint density at radius 1 is 1.42 bits per heavy atom. The van der Waals surface area contributed by atoms with Crippen LogP contribution in [0.1, 0.15) is 17.7 Å².